The molecule has 1 atom stereocenters. The third-order valence-electron chi connectivity index (χ3n) is 3.10. The number of carbonyl (C=O) groups excluding carboxylic acids is 1. The molecule has 1 amide bonds. The van der Waals surface area contributed by atoms with Crippen LogP contribution in [-0.2, 0) is 0 Å². The van der Waals surface area contributed by atoms with Gasteiger partial charge in [0.1, 0.15) is 5.82 Å². The van der Waals surface area contributed by atoms with Crippen LogP contribution in [-0.4, -0.2) is 10.9 Å². The van der Waals surface area contributed by atoms with Crippen LogP contribution >= 0.6 is 11.3 Å². The maximum atomic E-state index is 13.2. The predicted molar refractivity (Wildman–Crippen MR) is 78.6 cm³/mol. The van der Waals surface area contributed by atoms with Crippen molar-refractivity contribution in [3.05, 3.63) is 50.7 Å². The van der Waals surface area contributed by atoms with Crippen molar-refractivity contribution in [2.45, 2.75) is 33.7 Å². The van der Waals surface area contributed by atoms with Gasteiger partial charge >= 0.3 is 0 Å². The molecule has 2 aromatic rings. The van der Waals surface area contributed by atoms with E-state index >= 15 is 0 Å². The molecule has 0 bridgehead atoms. The maximum Gasteiger partial charge on any atom is 0.251 e. The minimum Gasteiger partial charge on any atom is -0.345 e. The van der Waals surface area contributed by atoms with Crippen LogP contribution in [0, 0.1) is 26.6 Å². The minimum atomic E-state index is -0.302. The first-order valence-corrected chi connectivity index (χ1v) is 7.21. The first-order valence-electron chi connectivity index (χ1n) is 6.39. The SMILES string of the molecule is Cc1nc(C)c(C(C)NC(=O)c2ccc(F)c(C)c2)s1. The van der Waals surface area contributed by atoms with E-state index in [4.69, 9.17) is 0 Å². The highest BCUT2D eigenvalue weighted by atomic mass is 32.1. The number of halogens is 1. The van der Waals surface area contributed by atoms with Gasteiger partial charge in [-0.1, -0.05) is 0 Å². The Kier molecular flexibility index (Phi) is 4.18. The van der Waals surface area contributed by atoms with Gasteiger partial charge in [0.2, 0.25) is 0 Å². The molecule has 5 heteroatoms. The monoisotopic (exact) mass is 292 g/mol. The number of benzene rings is 1. The number of aryl methyl sites for hydroxylation is 3. The second-order valence-electron chi connectivity index (χ2n) is 4.84. The first kappa shape index (κ1) is 14.7. The zero-order valence-corrected chi connectivity index (χ0v) is 12.8. The van der Waals surface area contributed by atoms with Gasteiger partial charge in [-0.15, -0.1) is 11.3 Å². The van der Waals surface area contributed by atoms with E-state index in [0.717, 1.165) is 15.6 Å². The summed E-state index contributed by atoms with van der Waals surface area (Å²) in [7, 11) is 0. The van der Waals surface area contributed by atoms with Gasteiger partial charge in [0.15, 0.2) is 0 Å². The maximum absolute atomic E-state index is 13.2. The topological polar surface area (TPSA) is 42.0 Å². The highest BCUT2D eigenvalue weighted by Gasteiger charge is 2.16. The molecule has 2 rings (SSSR count). The van der Waals surface area contributed by atoms with Crippen LogP contribution in [0.25, 0.3) is 0 Å². The lowest BCUT2D eigenvalue weighted by molar-refractivity contribution is 0.0940. The standard InChI is InChI=1S/C15H17FN2OS/c1-8-7-12(5-6-13(8)16)15(19)18-10(3)14-9(2)17-11(4)20-14/h5-7,10H,1-4H3,(H,18,19). The fourth-order valence-electron chi connectivity index (χ4n) is 2.08. The van der Waals surface area contributed by atoms with Crippen LogP contribution in [0.5, 0.6) is 0 Å². The van der Waals surface area contributed by atoms with E-state index in [1.165, 1.54) is 12.1 Å². The average Bonchev–Trinajstić information content (AvgIpc) is 2.71. The van der Waals surface area contributed by atoms with Gasteiger partial charge in [-0.05, 0) is 51.5 Å². The minimum absolute atomic E-state index is 0.112. The summed E-state index contributed by atoms with van der Waals surface area (Å²) < 4.78 is 13.2. The molecule has 1 heterocycles. The van der Waals surface area contributed by atoms with Crippen molar-refractivity contribution in [2.75, 3.05) is 0 Å². The fraction of sp³-hybridized carbons (Fsp3) is 0.333. The van der Waals surface area contributed by atoms with E-state index in [-0.39, 0.29) is 17.8 Å². The molecule has 1 N–H and O–H groups in total. The normalized spacial score (nSPS) is 12.2. The number of rotatable bonds is 3. The quantitative estimate of drug-likeness (QED) is 0.937. The average molecular weight is 292 g/mol. The summed E-state index contributed by atoms with van der Waals surface area (Å²) in [5.74, 6) is -0.505. The lowest BCUT2D eigenvalue weighted by Crippen LogP contribution is -2.26. The van der Waals surface area contributed by atoms with E-state index in [0.29, 0.717) is 11.1 Å². The highest BCUT2D eigenvalue weighted by molar-refractivity contribution is 7.11. The van der Waals surface area contributed by atoms with Gasteiger partial charge < -0.3 is 5.32 Å². The zero-order valence-electron chi connectivity index (χ0n) is 12.0. The summed E-state index contributed by atoms with van der Waals surface area (Å²) in [4.78, 5) is 17.6. The van der Waals surface area contributed by atoms with Crippen LogP contribution in [0.2, 0.25) is 0 Å². The third kappa shape index (κ3) is 3.04. The van der Waals surface area contributed by atoms with Crippen molar-refractivity contribution in [3.8, 4) is 0 Å². The van der Waals surface area contributed by atoms with Gasteiger partial charge in [-0.2, -0.15) is 0 Å². The van der Waals surface area contributed by atoms with Crippen LogP contribution in [0.1, 0.15) is 44.5 Å². The Morgan fingerprint density at radius 1 is 1.35 bits per heavy atom. The Labute approximate surface area is 121 Å². The molecular formula is C15H17FN2OS. The van der Waals surface area contributed by atoms with Crippen LogP contribution in [0.15, 0.2) is 18.2 Å². The molecule has 0 saturated heterocycles. The molecule has 0 spiro atoms. The van der Waals surface area contributed by atoms with E-state index in [1.54, 1.807) is 24.3 Å². The summed E-state index contributed by atoms with van der Waals surface area (Å²) in [5.41, 5.74) is 1.88. The Balaban J connectivity index is 2.15. The molecule has 0 saturated carbocycles. The smallest absolute Gasteiger partial charge is 0.251 e. The number of nitrogens with zero attached hydrogens (tertiary/aromatic N) is 1. The molecule has 1 unspecified atom stereocenters. The zero-order chi connectivity index (χ0) is 14.9. The van der Waals surface area contributed by atoms with Gasteiger partial charge in [0.25, 0.3) is 5.91 Å². The highest BCUT2D eigenvalue weighted by Crippen LogP contribution is 2.24. The second kappa shape index (κ2) is 5.71. The van der Waals surface area contributed by atoms with Crippen molar-refractivity contribution in [2.24, 2.45) is 0 Å². The molecular weight excluding hydrogens is 275 g/mol. The lowest BCUT2D eigenvalue weighted by atomic mass is 10.1. The Morgan fingerprint density at radius 3 is 2.60 bits per heavy atom. The van der Waals surface area contributed by atoms with Gasteiger partial charge in [0, 0.05) is 10.4 Å². The van der Waals surface area contributed by atoms with Crippen LogP contribution in [0.3, 0.4) is 0 Å². The number of hydrogen-bond donors (Lipinski definition) is 1. The molecule has 0 radical (unpaired) electrons. The van der Waals surface area contributed by atoms with Crippen molar-refractivity contribution < 1.29 is 9.18 Å². The summed E-state index contributed by atoms with van der Waals surface area (Å²) in [5, 5.41) is 3.90. The predicted octanol–water partition coefficient (Wildman–Crippen LogP) is 3.70. The molecule has 3 nitrogen and oxygen atoms in total. The molecule has 0 aliphatic carbocycles. The fourth-order valence-corrected chi connectivity index (χ4v) is 3.01. The molecule has 0 aliphatic heterocycles. The molecule has 1 aromatic carbocycles. The molecule has 0 fully saturated rings. The number of amides is 1. The largest absolute Gasteiger partial charge is 0.345 e. The van der Waals surface area contributed by atoms with Crippen molar-refractivity contribution >= 4 is 17.2 Å². The van der Waals surface area contributed by atoms with E-state index < -0.39 is 0 Å². The van der Waals surface area contributed by atoms with Gasteiger partial charge in [-0.3, -0.25) is 4.79 Å². The Morgan fingerprint density at radius 2 is 2.05 bits per heavy atom. The molecule has 1 aromatic heterocycles. The van der Waals surface area contributed by atoms with Crippen LogP contribution < -0.4 is 5.32 Å². The second-order valence-corrected chi connectivity index (χ2v) is 6.08. The van der Waals surface area contributed by atoms with Gasteiger partial charge in [-0.25, -0.2) is 9.37 Å². The van der Waals surface area contributed by atoms with Crippen molar-refractivity contribution in [3.63, 3.8) is 0 Å². The van der Waals surface area contributed by atoms with Gasteiger partial charge in [0.05, 0.1) is 16.7 Å². The Hall–Kier alpha value is -1.75. The number of thiazole rings is 1. The molecule has 106 valence electrons. The number of aromatic nitrogens is 1. The van der Waals surface area contributed by atoms with Crippen molar-refractivity contribution in [1.29, 1.82) is 0 Å². The number of nitrogens with one attached hydrogen (secondary N) is 1. The van der Waals surface area contributed by atoms with E-state index in [2.05, 4.69) is 10.3 Å². The summed E-state index contributed by atoms with van der Waals surface area (Å²) in [6.07, 6.45) is 0. The first-order chi connectivity index (χ1) is 9.38. The lowest BCUT2D eigenvalue weighted by Gasteiger charge is -2.13. The summed E-state index contributed by atoms with van der Waals surface area (Å²) >= 11 is 1.58. The summed E-state index contributed by atoms with van der Waals surface area (Å²) in [6.45, 7) is 7.45. The summed E-state index contributed by atoms with van der Waals surface area (Å²) in [6, 6.07) is 4.26. The van der Waals surface area contributed by atoms with E-state index in [9.17, 15) is 9.18 Å². The third-order valence-corrected chi connectivity index (χ3v) is 4.36. The number of hydrogen-bond acceptors (Lipinski definition) is 3. The molecule has 20 heavy (non-hydrogen) atoms. The molecule has 0 aliphatic rings. The van der Waals surface area contributed by atoms with Crippen LogP contribution in [0.4, 0.5) is 4.39 Å². The Bertz CT molecular complexity index is 651. The van der Waals surface area contributed by atoms with E-state index in [1.807, 2.05) is 20.8 Å². The van der Waals surface area contributed by atoms with Crippen molar-refractivity contribution in [1.82, 2.24) is 10.3 Å². The number of carbonyl (C=O) groups is 1.